The van der Waals surface area contributed by atoms with Crippen molar-refractivity contribution in [3.63, 3.8) is 0 Å². The van der Waals surface area contributed by atoms with Crippen molar-refractivity contribution in [3.05, 3.63) is 38.8 Å². The van der Waals surface area contributed by atoms with Crippen molar-refractivity contribution in [2.75, 3.05) is 6.61 Å². The Morgan fingerprint density at radius 1 is 1.20 bits per heavy atom. The summed E-state index contributed by atoms with van der Waals surface area (Å²) in [6.07, 6.45) is 5.68. The van der Waals surface area contributed by atoms with E-state index < -0.39 is 12.1 Å². The minimum atomic E-state index is -0.778. The maximum absolute atomic E-state index is 12.7. The SMILES string of the molecule is CCOC(=O)[C@H](C)Oc1c(Br)cc(C=NN2C(=O)[C@@H]3[C@H](C2=O)[C@H]2C=C[C@H]3C2)cc1Br. The molecule has 0 aromatic heterocycles. The quantitative estimate of drug-likeness (QED) is 0.238. The van der Waals surface area contributed by atoms with Gasteiger partial charge in [0, 0.05) is 0 Å². The van der Waals surface area contributed by atoms with E-state index in [0.29, 0.717) is 20.3 Å². The van der Waals surface area contributed by atoms with Gasteiger partial charge >= 0.3 is 5.97 Å². The smallest absolute Gasteiger partial charge is 0.347 e. The number of carbonyl (C=O) groups is 3. The zero-order valence-corrected chi connectivity index (χ0v) is 19.6. The minimum absolute atomic E-state index is 0.151. The summed E-state index contributed by atoms with van der Waals surface area (Å²) in [7, 11) is 0. The second kappa shape index (κ2) is 8.26. The van der Waals surface area contributed by atoms with Crippen LogP contribution in [0.1, 0.15) is 25.8 Å². The number of allylic oxidation sites excluding steroid dienone is 2. The molecule has 1 saturated carbocycles. The number of hydrogen-bond acceptors (Lipinski definition) is 6. The molecule has 9 heteroatoms. The van der Waals surface area contributed by atoms with Crippen LogP contribution in [0.15, 0.2) is 38.3 Å². The summed E-state index contributed by atoms with van der Waals surface area (Å²) in [5.74, 6) is -0.707. The lowest BCUT2D eigenvalue weighted by Crippen LogP contribution is -2.28. The molecule has 2 aliphatic carbocycles. The molecule has 4 rings (SSSR count). The Labute approximate surface area is 190 Å². The third kappa shape index (κ3) is 3.62. The molecule has 158 valence electrons. The summed E-state index contributed by atoms with van der Waals surface area (Å²) in [4.78, 5) is 37.2. The van der Waals surface area contributed by atoms with Crippen LogP contribution >= 0.6 is 31.9 Å². The molecule has 0 spiro atoms. The molecule has 0 N–H and O–H groups in total. The highest BCUT2D eigenvalue weighted by Crippen LogP contribution is 2.52. The van der Waals surface area contributed by atoms with Crippen LogP contribution in [0.2, 0.25) is 0 Å². The number of amides is 2. The van der Waals surface area contributed by atoms with Crippen molar-refractivity contribution in [1.29, 1.82) is 0 Å². The van der Waals surface area contributed by atoms with Crippen molar-refractivity contribution >= 4 is 55.9 Å². The number of halogens is 2. The van der Waals surface area contributed by atoms with Gasteiger partial charge in [-0.2, -0.15) is 10.1 Å². The summed E-state index contributed by atoms with van der Waals surface area (Å²) in [6, 6.07) is 3.47. The molecule has 7 nitrogen and oxygen atoms in total. The fourth-order valence-corrected chi connectivity index (χ4v) is 5.78. The van der Waals surface area contributed by atoms with Gasteiger partial charge in [-0.25, -0.2) is 4.79 Å². The van der Waals surface area contributed by atoms with Gasteiger partial charge in [-0.3, -0.25) is 9.59 Å². The molecule has 1 heterocycles. The van der Waals surface area contributed by atoms with E-state index >= 15 is 0 Å². The van der Waals surface area contributed by atoms with Crippen LogP contribution in [0.25, 0.3) is 0 Å². The van der Waals surface area contributed by atoms with E-state index in [0.717, 1.165) is 11.4 Å². The average Bonchev–Trinajstić information content (AvgIpc) is 3.37. The molecule has 1 aliphatic heterocycles. The second-order valence-electron chi connectivity index (χ2n) is 7.56. The van der Waals surface area contributed by atoms with Crippen LogP contribution in [0.4, 0.5) is 0 Å². The summed E-state index contributed by atoms with van der Waals surface area (Å²) >= 11 is 6.86. The number of imide groups is 1. The van der Waals surface area contributed by atoms with Gasteiger partial charge in [-0.1, -0.05) is 12.2 Å². The summed E-state index contributed by atoms with van der Waals surface area (Å²) < 4.78 is 11.8. The third-order valence-corrected chi connectivity index (χ3v) is 6.88. The van der Waals surface area contributed by atoms with E-state index in [2.05, 4.69) is 49.1 Å². The first kappa shape index (κ1) is 21.2. The van der Waals surface area contributed by atoms with E-state index in [1.54, 1.807) is 26.0 Å². The van der Waals surface area contributed by atoms with Crippen LogP contribution in [-0.4, -0.2) is 41.7 Å². The zero-order chi connectivity index (χ0) is 21.6. The van der Waals surface area contributed by atoms with E-state index in [-0.39, 0.29) is 42.1 Å². The standard InChI is InChI=1S/C21H20Br2N2O5/c1-3-29-21(28)10(2)30-18-14(22)6-11(7-15(18)23)9-24-25-19(26)16-12-4-5-13(8-12)17(16)20(25)27/h4-7,9-10,12-13,16-17H,3,8H2,1-2H3/t10-,12-,13-,16-,17+/m0/s1. The number of nitrogens with zero attached hydrogens (tertiary/aromatic N) is 2. The maximum atomic E-state index is 12.7. The Morgan fingerprint density at radius 3 is 2.30 bits per heavy atom. The maximum Gasteiger partial charge on any atom is 0.347 e. The summed E-state index contributed by atoms with van der Waals surface area (Å²) in [6.45, 7) is 3.61. The van der Waals surface area contributed by atoms with Gasteiger partial charge in [-0.05, 0) is 81.7 Å². The first-order valence-corrected chi connectivity index (χ1v) is 11.3. The van der Waals surface area contributed by atoms with Gasteiger partial charge < -0.3 is 9.47 Å². The number of hydrazone groups is 1. The lowest BCUT2D eigenvalue weighted by atomic mass is 9.85. The second-order valence-corrected chi connectivity index (χ2v) is 9.27. The number of hydrogen-bond donors (Lipinski definition) is 0. The van der Waals surface area contributed by atoms with Crippen molar-refractivity contribution < 1.29 is 23.9 Å². The van der Waals surface area contributed by atoms with Crippen LogP contribution in [0.3, 0.4) is 0 Å². The highest BCUT2D eigenvalue weighted by atomic mass is 79.9. The average molecular weight is 540 g/mol. The molecular formula is C21H20Br2N2O5. The molecule has 1 aromatic rings. The van der Waals surface area contributed by atoms with Gasteiger partial charge in [0.25, 0.3) is 11.8 Å². The van der Waals surface area contributed by atoms with Crippen molar-refractivity contribution in [1.82, 2.24) is 5.01 Å². The molecule has 0 unspecified atom stereocenters. The summed E-state index contributed by atoms with van der Waals surface area (Å²) in [5, 5.41) is 5.20. The molecular weight excluding hydrogens is 520 g/mol. The Balaban J connectivity index is 1.49. The largest absolute Gasteiger partial charge is 0.477 e. The van der Waals surface area contributed by atoms with Crippen LogP contribution < -0.4 is 4.74 Å². The molecule has 2 fully saturated rings. The van der Waals surface area contributed by atoms with Crippen LogP contribution in [0, 0.1) is 23.7 Å². The predicted octanol–water partition coefficient (Wildman–Crippen LogP) is 3.68. The van der Waals surface area contributed by atoms with E-state index in [1.807, 2.05) is 0 Å². The molecule has 30 heavy (non-hydrogen) atoms. The summed E-state index contributed by atoms with van der Waals surface area (Å²) in [5.41, 5.74) is 0.656. The first-order chi connectivity index (χ1) is 14.3. The number of benzene rings is 1. The van der Waals surface area contributed by atoms with Crippen LogP contribution in [-0.2, 0) is 19.1 Å². The van der Waals surface area contributed by atoms with Gasteiger partial charge in [-0.15, -0.1) is 0 Å². The number of ether oxygens (including phenoxy) is 2. The van der Waals surface area contributed by atoms with Crippen LogP contribution in [0.5, 0.6) is 5.75 Å². The van der Waals surface area contributed by atoms with Gasteiger partial charge in [0.15, 0.2) is 6.10 Å². The number of fused-ring (bicyclic) bond motifs is 5. The van der Waals surface area contributed by atoms with Gasteiger partial charge in [0.1, 0.15) is 5.75 Å². The Hall–Kier alpha value is -2.00. The highest BCUT2D eigenvalue weighted by Gasteiger charge is 2.59. The fraction of sp³-hybridized carbons (Fsp3) is 0.429. The topological polar surface area (TPSA) is 85.3 Å². The lowest BCUT2D eigenvalue weighted by Gasteiger charge is -2.16. The minimum Gasteiger partial charge on any atom is -0.477 e. The third-order valence-electron chi connectivity index (χ3n) is 5.70. The monoisotopic (exact) mass is 538 g/mol. The zero-order valence-electron chi connectivity index (χ0n) is 16.4. The van der Waals surface area contributed by atoms with E-state index in [4.69, 9.17) is 9.47 Å². The molecule has 2 amide bonds. The molecule has 5 atom stereocenters. The normalized spacial score (nSPS) is 27.8. The first-order valence-electron chi connectivity index (χ1n) is 9.74. The number of rotatable bonds is 6. The molecule has 2 bridgehead atoms. The molecule has 0 radical (unpaired) electrons. The number of esters is 1. The van der Waals surface area contributed by atoms with Gasteiger partial charge in [0.2, 0.25) is 0 Å². The van der Waals surface area contributed by atoms with E-state index in [1.165, 1.54) is 6.21 Å². The van der Waals surface area contributed by atoms with Crippen molar-refractivity contribution in [3.8, 4) is 5.75 Å². The van der Waals surface area contributed by atoms with Crippen molar-refractivity contribution in [2.24, 2.45) is 28.8 Å². The Kier molecular flexibility index (Phi) is 5.85. The lowest BCUT2D eigenvalue weighted by molar-refractivity contribution is -0.150. The van der Waals surface area contributed by atoms with Crippen molar-refractivity contribution in [2.45, 2.75) is 26.4 Å². The number of carbonyl (C=O) groups excluding carboxylic acids is 3. The Bertz CT molecular complexity index is 923. The van der Waals surface area contributed by atoms with Gasteiger partial charge in [0.05, 0.1) is 33.6 Å². The van der Waals surface area contributed by atoms with E-state index in [9.17, 15) is 14.4 Å². The highest BCUT2D eigenvalue weighted by molar-refractivity contribution is 9.11. The molecule has 1 aromatic carbocycles. The molecule has 1 saturated heterocycles. The Morgan fingerprint density at radius 2 is 1.77 bits per heavy atom. The fourth-order valence-electron chi connectivity index (χ4n) is 4.38. The predicted molar refractivity (Wildman–Crippen MR) is 116 cm³/mol. The molecule has 3 aliphatic rings.